The molecule has 1 aromatic carbocycles. The summed E-state index contributed by atoms with van der Waals surface area (Å²) in [5.41, 5.74) is 0.689. The number of hydrogen-bond donors (Lipinski definition) is 0. The van der Waals surface area contributed by atoms with Crippen molar-refractivity contribution >= 4 is 6.08 Å². The molecule has 0 aromatic heterocycles. The normalized spacial score (nSPS) is 10.8. The predicted octanol–water partition coefficient (Wildman–Crippen LogP) is 2.73. The summed E-state index contributed by atoms with van der Waals surface area (Å²) in [5, 5.41) is 10.2. The third-order valence-corrected chi connectivity index (χ3v) is 1.94. The Hall–Kier alpha value is -2.04. The first-order valence-electron chi connectivity index (χ1n) is 5.19. The Balaban J connectivity index is 2.95. The minimum atomic E-state index is -0.509. The van der Waals surface area contributed by atoms with Crippen molar-refractivity contribution in [2.24, 2.45) is 0 Å². The second-order valence-electron chi connectivity index (χ2n) is 3.68. The maximum atomic E-state index is 10.2. The lowest BCUT2D eigenvalue weighted by Crippen LogP contribution is -2.06. The molecule has 0 aliphatic carbocycles. The molecule has 0 amide bonds. The van der Waals surface area contributed by atoms with Crippen LogP contribution < -0.4 is 9.47 Å². The van der Waals surface area contributed by atoms with Gasteiger partial charge in [0.05, 0.1) is 18.1 Å². The van der Waals surface area contributed by atoms with Crippen LogP contribution in [0.4, 0.5) is 0 Å². The highest BCUT2D eigenvalue weighted by molar-refractivity contribution is 5.55. The molecule has 0 aliphatic rings. The van der Waals surface area contributed by atoms with Gasteiger partial charge < -0.3 is 9.47 Å². The fraction of sp³-hybridized carbons (Fsp3) is 0.333. The Morgan fingerprint density at radius 1 is 1.35 bits per heavy atom. The zero-order chi connectivity index (χ0) is 12.8. The van der Waals surface area contributed by atoms with E-state index in [-0.39, 0.29) is 6.10 Å². The summed E-state index contributed by atoms with van der Waals surface area (Å²) < 4.78 is 10.7. The average Bonchev–Trinajstić information content (AvgIpc) is 2.26. The van der Waals surface area contributed by atoms with Crippen LogP contribution in [0.15, 0.2) is 24.4 Å². The molecule has 1 aromatic rings. The van der Waals surface area contributed by atoms with Crippen LogP contribution in [0.3, 0.4) is 0 Å². The van der Waals surface area contributed by atoms with Crippen LogP contribution in [0.1, 0.15) is 19.4 Å². The second kappa shape index (κ2) is 5.89. The zero-order valence-corrected chi connectivity index (χ0v) is 10.0. The lowest BCUT2D eigenvalue weighted by atomic mass is 10.2. The zero-order valence-electron chi connectivity index (χ0n) is 10.0. The predicted molar refractivity (Wildman–Crippen MR) is 64.8 cm³/mol. The van der Waals surface area contributed by atoms with E-state index in [1.54, 1.807) is 18.2 Å². The number of nitro groups is 1. The van der Waals surface area contributed by atoms with Gasteiger partial charge in [-0.2, -0.15) is 0 Å². The van der Waals surface area contributed by atoms with E-state index in [1.807, 2.05) is 13.8 Å². The van der Waals surface area contributed by atoms with Crippen molar-refractivity contribution in [1.29, 1.82) is 0 Å². The number of hydrogen-bond acceptors (Lipinski definition) is 4. The number of methoxy groups -OCH3 is 1. The minimum absolute atomic E-state index is 0.0454. The number of benzene rings is 1. The van der Waals surface area contributed by atoms with E-state index >= 15 is 0 Å². The SMILES string of the molecule is COc1cc(C=C[N+](=O)[O-])ccc1OC(C)C. The molecule has 0 unspecified atom stereocenters. The molecule has 0 saturated heterocycles. The summed E-state index contributed by atoms with van der Waals surface area (Å²) in [5.74, 6) is 1.19. The fourth-order valence-electron chi connectivity index (χ4n) is 1.29. The Bertz CT molecular complexity index is 427. The molecule has 0 spiro atoms. The summed E-state index contributed by atoms with van der Waals surface area (Å²) in [4.78, 5) is 9.69. The lowest BCUT2D eigenvalue weighted by molar-refractivity contribution is -0.400. The van der Waals surface area contributed by atoms with Gasteiger partial charge in [-0.15, -0.1) is 0 Å². The van der Waals surface area contributed by atoms with Crippen molar-refractivity contribution in [3.63, 3.8) is 0 Å². The summed E-state index contributed by atoms with van der Waals surface area (Å²) >= 11 is 0. The number of rotatable bonds is 5. The molecule has 0 heterocycles. The van der Waals surface area contributed by atoms with Crippen molar-refractivity contribution in [3.8, 4) is 11.5 Å². The van der Waals surface area contributed by atoms with Crippen LogP contribution >= 0.6 is 0 Å². The topological polar surface area (TPSA) is 61.6 Å². The van der Waals surface area contributed by atoms with Gasteiger partial charge in [-0.1, -0.05) is 6.07 Å². The van der Waals surface area contributed by atoms with E-state index in [0.29, 0.717) is 17.1 Å². The van der Waals surface area contributed by atoms with Gasteiger partial charge in [0.25, 0.3) is 0 Å². The summed E-state index contributed by atoms with van der Waals surface area (Å²) in [6.07, 6.45) is 2.34. The highest BCUT2D eigenvalue weighted by Crippen LogP contribution is 2.29. The standard InChI is InChI=1S/C12H15NO4/c1-9(2)17-11-5-4-10(6-7-13(14)15)8-12(11)16-3/h4-9H,1-3H3. The van der Waals surface area contributed by atoms with E-state index < -0.39 is 4.92 Å². The third-order valence-electron chi connectivity index (χ3n) is 1.94. The average molecular weight is 237 g/mol. The smallest absolute Gasteiger partial charge is 0.235 e. The quantitative estimate of drug-likeness (QED) is 0.583. The molecule has 1 rings (SSSR count). The van der Waals surface area contributed by atoms with Gasteiger partial charge in [0.15, 0.2) is 11.5 Å². The monoisotopic (exact) mass is 237 g/mol. The Kier molecular flexibility index (Phi) is 4.51. The summed E-state index contributed by atoms with van der Waals surface area (Å²) in [6, 6.07) is 5.16. The molecule has 0 fully saturated rings. The molecule has 0 N–H and O–H groups in total. The Morgan fingerprint density at radius 2 is 2.06 bits per heavy atom. The van der Waals surface area contributed by atoms with Crippen molar-refractivity contribution in [2.75, 3.05) is 7.11 Å². The van der Waals surface area contributed by atoms with Gasteiger partial charge in [0.1, 0.15) is 0 Å². The maximum Gasteiger partial charge on any atom is 0.235 e. The molecular weight excluding hydrogens is 222 g/mol. The van der Waals surface area contributed by atoms with Crippen LogP contribution in [-0.4, -0.2) is 18.1 Å². The van der Waals surface area contributed by atoms with Crippen LogP contribution in [-0.2, 0) is 0 Å². The molecule has 5 heteroatoms. The van der Waals surface area contributed by atoms with Crippen molar-refractivity contribution < 1.29 is 14.4 Å². The van der Waals surface area contributed by atoms with Crippen LogP contribution in [0.25, 0.3) is 6.08 Å². The largest absolute Gasteiger partial charge is 0.493 e. The van der Waals surface area contributed by atoms with Crippen molar-refractivity contribution in [2.45, 2.75) is 20.0 Å². The van der Waals surface area contributed by atoms with Gasteiger partial charge >= 0.3 is 0 Å². The van der Waals surface area contributed by atoms with Gasteiger partial charge in [-0.25, -0.2) is 0 Å². The fourth-order valence-corrected chi connectivity index (χ4v) is 1.29. The van der Waals surface area contributed by atoms with Crippen LogP contribution in [0, 0.1) is 10.1 Å². The Labute approximate surface area is 99.8 Å². The van der Waals surface area contributed by atoms with Crippen LogP contribution in [0.2, 0.25) is 0 Å². The minimum Gasteiger partial charge on any atom is -0.493 e. The van der Waals surface area contributed by atoms with E-state index in [1.165, 1.54) is 13.2 Å². The molecule has 17 heavy (non-hydrogen) atoms. The van der Waals surface area contributed by atoms with Gasteiger partial charge in [-0.05, 0) is 31.5 Å². The van der Waals surface area contributed by atoms with E-state index in [4.69, 9.17) is 9.47 Å². The number of nitrogens with zero attached hydrogens (tertiary/aromatic N) is 1. The summed E-state index contributed by atoms with van der Waals surface area (Å²) in [6.45, 7) is 3.83. The van der Waals surface area contributed by atoms with E-state index in [9.17, 15) is 10.1 Å². The number of ether oxygens (including phenoxy) is 2. The first-order chi connectivity index (χ1) is 8.02. The highest BCUT2D eigenvalue weighted by Gasteiger charge is 2.06. The maximum absolute atomic E-state index is 10.2. The first-order valence-corrected chi connectivity index (χ1v) is 5.19. The van der Waals surface area contributed by atoms with Gasteiger partial charge in [0, 0.05) is 6.08 Å². The molecule has 0 aliphatic heterocycles. The van der Waals surface area contributed by atoms with Crippen molar-refractivity contribution in [1.82, 2.24) is 0 Å². The molecule has 5 nitrogen and oxygen atoms in total. The first kappa shape index (κ1) is 13.0. The highest BCUT2D eigenvalue weighted by atomic mass is 16.6. The molecule has 0 bridgehead atoms. The van der Waals surface area contributed by atoms with Gasteiger partial charge in [0.2, 0.25) is 6.20 Å². The van der Waals surface area contributed by atoms with Crippen LogP contribution in [0.5, 0.6) is 11.5 Å². The van der Waals surface area contributed by atoms with Crippen molar-refractivity contribution in [3.05, 3.63) is 40.1 Å². The second-order valence-corrected chi connectivity index (χ2v) is 3.68. The van der Waals surface area contributed by atoms with E-state index in [2.05, 4.69) is 0 Å². The third kappa shape index (κ3) is 4.14. The molecule has 0 atom stereocenters. The van der Waals surface area contributed by atoms with E-state index in [0.717, 1.165) is 6.20 Å². The van der Waals surface area contributed by atoms with Gasteiger partial charge in [-0.3, -0.25) is 10.1 Å². The molecule has 0 radical (unpaired) electrons. The molecular formula is C12H15NO4. The lowest BCUT2D eigenvalue weighted by Gasteiger charge is -2.13. The summed E-state index contributed by atoms with van der Waals surface area (Å²) in [7, 11) is 1.53. The Morgan fingerprint density at radius 3 is 2.59 bits per heavy atom. The molecule has 0 saturated carbocycles. The molecule has 92 valence electrons.